The van der Waals surface area contributed by atoms with Crippen LogP contribution in [0.2, 0.25) is 0 Å². The van der Waals surface area contributed by atoms with Gasteiger partial charge in [-0.3, -0.25) is 0 Å². The summed E-state index contributed by atoms with van der Waals surface area (Å²) in [4.78, 5) is 0. The SMILES string of the molecule is CCCCCCOc1ccc(C#N)cc1OC. The molecule has 0 radical (unpaired) electrons. The average molecular weight is 233 g/mol. The number of ether oxygens (including phenoxy) is 2. The number of hydrogen-bond acceptors (Lipinski definition) is 3. The Morgan fingerprint density at radius 2 is 2.00 bits per heavy atom. The topological polar surface area (TPSA) is 42.2 Å². The minimum Gasteiger partial charge on any atom is -0.493 e. The molecule has 0 aliphatic carbocycles. The average Bonchev–Trinajstić information content (AvgIpc) is 2.38. The van der Waals surface area contributed by atoms with Gasteiger partial charge in [0.25, 0.3) is 0 Å². The molecule has 0 fully saturated rings. The summed E-state index contributed by atoms with van der Waals surface area (Å²) in [5.41, 5.74) is 0.584. The molecule has 0 aliphatic heterocycles. The molecule has 0 aromatic heterocycles. The lowest BCUT2D eigenvalue weighted by Crippen LogP contribution is -1.99. The third-order valence-electron chi connectivity index (χ3n) is 2.55. The normalized spacial score (nSPS) is 9.71. The molecule has 17 heavy (non-hydrogen) atoms. The molecule has 0 saturated carbocycles. The second-order valence-electron chi connectivity index (χ2n) is 3.89. The highest BCUT2D eigenvalue weighted by molar-refractivity contribution is 5.46. The van der Waals surface area contributed by atoms with Crippen LogP contribution < -0.4 is 9.47 Å². The number of hydrogen-bond donors (Lipinski definition) is 0. The Morgan fingerprint density at radius 1 is 1.18 bits per heavy atom. The maximum absolute atomic E-state index is 8.78. The lowest BCUT2D eigenvalue weighted by atomic mass is 10.2. The van der Waals surface area contributed by atoms with Crippen LogP contribution in [0.15, 0.2) is 18.2 Å². The van der Waals surface area contributed by atoms with E-state index in [0.29, 0.717) is 23.7 Å². The Kier molecular flexibility index (Phi) is 5.95. The molecule has 0 amide bonds. The Labute approximate surface area is 103 Å². The fourth-order valence-corrected chi connectivity index (χ4v) is 1.57. The summed E-state index contributed by atoms with van der Waals surface area (Å²) in [5.74, 6) is 1.34. The molecular weight excluding hydrogens is 214 g/mol. The van der Waals surface area contributed by atoms with Crippen molar-refractivity contribution in [2.75, 3.05) is 13.7 Å². The minimum absolute atomic E-state index is 0.584. The number of unbranched alkanes of at least 4 members (excludes halogenated alkanes) is 3. The molecule has 92 valence electrons. The first-order valence-corrected chi connectivity index (χ1v) is 6.02. The van der Waals surface area contributed by atoms with Gasteiger partial charge in [-0.15, -0.1) is 0 Å². The first-order chi connectivity index (χ1) is 8.31. The van der Waals surface area contributed by atoms with Gasteiger partial charge in [0.1, 0.15) is 0 Å². The fourth-order valence-electron chi connectivity index (χ4n) is 1.57. The van der Waals surface area contributed by atoms with Crippen molar-refractivity contribution < 1.29 is 9.47 Å². The molecule has 0 aliphatic rings. The van der Waals surface area contributed by atoms with Crippen molar-refractivity contribution in [3.05, 3.63) is 23.8 Å². The van der Waals surface area contributed by atoms with Crippen LogP contribution in [0.25, 0.3) is 0 Å². The number of benzene rings is 1. The second-order valence-corrected chi connectivity index (χ2v) is 3.89. The van der Waals surface area contributed by atoms with Crippen LogP contribution in [0.5, 0.6) is 11.5 Å². The van der Waals surface area contributed by atoms with Crippen molar-refractivity contribution in [3.63, 3.8) is 0 Å². The van der Waals surface area contributed by atoms with Gasteiger partial charge in [0.05, 0.1) is 25.3 Å². The fraction of sp³-hybridized carbons (Fsp3) is 0.500. The second kappa shape index (κ2) is 7.56. The molecular formula is C14H19NO2. The summed E-state index contributed by atoms with van der Waals surface area (Å²) in [5, 5.41) is 8.78. The largest absolute Gasteiger partial charge is 0.493 e. The molecule has 0 N–H and O–H groups in total. The van der Waals surface area contributed by atoms with Gasteiger partial charge in [-0.2, -0.15) is 5.26 Å². The Bertz CT molecular complexity index is 382. The van der Waals surface area contributed by atoms with Crippen LogP contribution in [0, 0.1) is 11.3 Å². The standard InChI is InChI=1S/C14H19NO2/c1-3-4-5-6-9-17-13-8-7-12(11-15)10-14(13)16-2/h7-8,10H,3-6,9H2,1-2H3. The molecule has 0 spiro atoms. The van der Waals surface area contributed by atoms with E-state index in [2.05, 4.69) is 13.0 Å². The molecule has 3 nitrogen and oxygen atoms in total. The molecule has 0 heterocycles. The van der Waals surface area contributed by atoms with Crippen molar-refractivity contribution in [2.45, 2.75) is 32.6 Å². The van der Waals surface area contributed by atoms with E-state index in [1.54, 1.807) is 25.3 Å². The zero-order chi connectivity index (χ0) is 12.5. The third kappa shape index (κ3) is 4.36. The lowest BCUT2D eigenvalue weighted by molar-refractivity contribution is 0.285. The van der Waals surface area contributed by atoms with Gasteiger partial charge in [0, 0.05) is 6.07 Å². The van der Waals surface area contributed by atoms with Crippen molar-refractivity contribution in [1.82, 2.24) is 0 Å². The van der Waals surface area contributed by atoms with Crippen molar-refractivity contribution >= 4 is 0 Å². The molecule has 1 aromatic rings. The molecule has 0 bridgehead atoms. The summed E-state index contributed by atoms with van der Waals surface area (Å²) in [6, 6.07) is 7.30. The van der Waals surface area contributed by atoms with E-state index in [9.17, 15) is 0 Å². The van der Waals surface area contributed by atoms with Gasteiger partial charge in [-0.25, -0.2) is 0 Å². The van der Waals surface area contributed by atoms with Crippen molar-refractivity contribution in [1.29, 1.82) is 5.26 Å². The molecule has 0 atom stereocenters. The predicted molar refractivity (Wildman–Crippen MR) is 67.3 cm³/mol. The highest BCUT2D eigenvalue weighted by Gasteiger charge is 2.05. The van der Waals surface area contributed by atoms with Gasteiger partial charge in [-0.05, 0) is 18.6 Å². The van der Waals surface area contributed by atoms with E-state index in [0.717, 1.165) is 6.42 Å². The van der Waals surface area contributed by atoms with E-state index in [4.69, 9.17) is 14.7 Å². The summed E-state index contributed by atoms with van der Waals surface area (Å²) in [6.45, 7) is 2.88. The zero-order valence-electron chi connectivity index (χ0n) is 10.5. The predicted octanol–water partition coefficient (Wildman–Crippen LogP) is 3.53. The quantitative estimate of drug-likeness (QED) is 0.676. The van der Waals surface area contributed by atoms with E-state index < -0.39 is 0 Å². The Morgan fingerprint density at radius 3 is 2.65 bits per heavy atom. The molecule has 0 unspecified atom stereocenters. The van der Waals surface area contributed by atoms with E-state index in [-0.39, 0.29) is 0 Å². The van der Waals surface area contributed by atoms with Crippen LogP contribution in [-0.2, 0) is 0 Å². The highest BCUT2D eigenvalue weighted by Crippen LogP contribution is 2.27. The smallest absolute Gasteiger partial charge is 0.162 e. The summed E-state index contributed by atoms with van der Waals surface area (Å²) < 4.78 is 10.8. The van der Waals surface area contributed by atoms with Crippen molar-refractivity contribution in [2.24, 2.45) is 0 Å². The first-order valence-electron chi connectivity index (χ1n) is 6.02. The van der Waals surface area contributed by atoms with Gasteiger partial charge < -0.3 is 9.47 Å². The Hall–Kier alpha value is -1.69. The van der Waals surface area contributed by atoms with Gasteiger partial charge in [0.2, 0.25) is 0 Å². The van der Waals surface area contributed by atoms with Crippen LogP contribution in [-0.4, -0.2) is 13.7 Å². The Balaban J connectivity index is 2.50. The number of rotatable bonds is 7. The molecule has 1 rings (SSSR count). The first kappa shape index (κ1) is 13.4. The van der Waals surface area contributed by atoms with E-state index in [1.807, 2.05) is 0 Å². The van der Waals surface area contributed by atoms with Gasteiger partial charge in [0.15, 0.2) is 11.5 Å². The van der Waals surface area contributed by atoms with Crippen molar-refractivity contribution in [3.8, 4) is 17.6 Å². The highest BCUT2D eigenvalue weighted by atomic mass is 16.5. The van der Waals surface area contributed by atoms with Gasteiger partial charge >= 0.3 is 0 Å². The van der Waals surface area contributed by atoms with E-state index in [1.165, 1.54) is 19.3 Å². The summed E-state index contributed by atoms with van der Waals surface area (Å²) in [6.07, 6.45) is 4.71. The van der Waals surface area contributed by atoms with E-state index >= 15 is 0 Å². The number of methoxy groups -OCH3 is 1. The molecule has 0 saturated heterocycles. The van der Waals surface area contributed by atoms with Crippen LogP contribution >= 0.6 is 0 Å². The summed E-state index contributed by atoms with van der Waals surface area (Å²) in [7, 11) is 1.58. The maximum Gasteiger partial charge on any atom is 0.162 e. The monoisotopic (exact) mass is 233 g/mol. The lowest BCUT2D eigenvalue weighted by Gasteiger charge is -2.10. The molecule has 3 heteroatoms. The van der Waals surface area contributed by atoms with Crippen LogP contribution in [0.4, 0.5) is 0 Å². The van der Waals surface area contributed by atoms with Crippen LogP contribution in [0.3, 0.4) is 0 Å². The number of nitriles is 1. The van der Waals surface area contributed by atoms with Crippen LogP contribution in [0.1, 0.15) is 38.2 Å². The summed E-state index contributed by atoms with van der Waals surface area (Å²) >= 11 is 0. The maximum atomic E-state index is 8.78. The number of nitrogens with zero attached hydrogens (tertiary/aromatic N) is 1. The minimum atomic E-state index is 0.584. The molecule has 1 aromatic carbocycles. The third-order valence-corrected chi connectivity index (χ3v) is 2.55. The zero-order valence-corrected chi connectivity index (χ0v) is 10.5. The van der Waals surface area contributed by atoms with Gasteiger partial charge in [-0.1, -0.05) is 26.2 Å².